The summed E-state index contributed by atoms with van der Waals surface area (Å²) in [5.41, 5.74) is 3.65. The molecule has 4 bridgehead atoms. The second kappa shape index (κ2) is 12.2. The number of rotatable bonds is 8. The Kier molecular flexibility index (Phi) is 7.96. The van der Waals surface area contributed by atoms with Crippen LogP contribution in [0.2, 0.25) is 0 Å². The second-order valence-corrected chi connectivity index (χ2v) is 17.7. The maximum Gasteiger partial charge on any atom is 0.333 e. The van der Waals surface area contributed by atoms with Gasteiger partial charge in [0.05, 0.1) is 46.6 Å². The maximum absolute atomic E-state index is 15.5. The van der Waals surface area contributed by atoms with Gasteiger partial charge in [-0.25, -0.2) is 9.78 Å². The van der Waals surface area contributed by atoms with Crippen molar-refractivity contribution in [3.63, 3.8) is 0 Å². The van der Waals surface area contributed by atoms with Crippen LogP contribution < -0.4 is 14.8 Å². The van der Waals surface area contributed by atoms with E-state index in [1.165, 1.54) is 12.7 Å². The molecular weight excluding hydrogens is 707 g/mol. The van der Waals surface area contributed by atoms with Crippen molar-refractivity contribution in [1.82, 2.24) is 9.55 Å². The third-order valence-corrected chi connectivity index (χ3v) is 13.1. The van der Waals surface area contributed by atoms with Gasteiger partial charge >= 0.3 is 5.97 Å². The number of fused-ring (bicyclic) bond motifs is 6. The van der Waals surface area contributed by atoms with E-state index in [0.717, 1.165) is 40.6 Å². The second-order valence-electron chi connectivity index (χ2n) is 17.7. The van der Waals surface area contributed by atoms with Crippen LogP contribution >= 0.6 is 0 Å². The van der Waals surface area contributed by atoms with Crippen LogP contribution in [0.1, 0.15) is 104 Å². The van der Waals surface area contributed by atoms with Crippen molar-refractivity contribution in [2.45, 2.75) is 116 Å². The summed E-state index contributed by atoms with van der Waals surface area (Å²) >= 11 is 0. The van der Waals surface area contributed by atoms with Crippen molar-refractivity contribution in [3.05, 3.63) is 87.6 Å². The molecule has 10 nitrogen and oxygen atoms in total. The number of hydrogen-bond acceptors (Lipinski definition) is 9. The van der Waals surface area contributed by atoms with Crippen molar-refractivity contribution >= 4 is 40.5 Å². The highest BCUT2D eigenvalue weighted by atomic mass is 16.6. The number of anilines is 1. The van der Waals surface area contributed by atoms with Crippen LogP contribution in [-0.2, 0) is 25.5 Å². The zero-order valence-corrected chi connectivity index (χ0v) is 33.8. The number of benzene rings is 2. The molecule has 6 atom stereocenters. The molecule has 7 aliphatic rings. The van der Waals surface area contributed by atoms with Crippen molar-refractivity contribution in [2.75, 3.05) is 12.4 Å². The third kappa shape index (κ3) is 4.80. The lowest BCUT2D eigenvalue weighted by Gasteiger charge is -2.62. The first kappa shape index (κ1) is 36.5. The molecule has 10 heteroatoms. The van der Waals surface area contributed by atoms with E-state index in [1.54, 1.807) is 13.0 Å². The number of ether oxygens (including phenoxy) is 4. The van der Waals surface area contributed by atoms with Crippen LogP contribution in [0.3, 0.4) is 0 Å². The average Bonchev–Trinajstić information content (AvgIpc) is 3.59. The Morgan fingerprint density at radius 2 is 1.80 bits per heavy atom. The van der Waals surface area contributed by atoms with Crippen molar-refractivity contribution in [1.29, 1.82) is 0 Å². The number of nitrogens with zero attached hydrogens (tertiary/aromatic N) is 2. The highest BCUT2D eigenvalue weighted by Gasteiger charge is 2.84. The van der Waals surface area contributed by atoms with Crippen LogP contribution in [0, 0.1) is 11.8 Å². The summed E-state index contributed by atoms with van der Waals surface area (Å²) in [5, 5.41) is 16.3. The molecule has 1 spiro atoms. The number of carbonyl (C=O) groups is 2. The highest BCUT2D eigenvalue weighted by Crippen LogP contribution is 2.74. The fraction of sp³-hybridized carbons (Fsp3) is 0.457. The van der Waals surface area contributed by atoms with Gasteiger partial charge in [0.2, 0.25) is 5.95 Å². The lowest BCUT2D eigenvalue weighted by atomic mass is 9.47. The van der Waals surface area contributed by atoms with Gasteiger partial charge in [-0.05, 0) is 105 Å². The Balaban J connectivity index is 1.35. The molecule has 292 valence electrons. The Morgan fingerprint density at radius 3 is 2.54 bits per heavy atom. The number of nitrogens with one attached hydrogen (secondary N) is 1. The number of esters is 1. The van der Waals surface area contributed by atoms with Gasteiger partial charge < -0.3 is 33.9 Å². The molecule has 3 aliphatic carbocycles. The molecule has 6 unspecified atom stereocenters. The Morgan fingerprint density at radius 1 is 1.05 bits per heavy atom. The van der Waals surface area contributed by atoms with E-state index in [2.05, 4.69) is 56.7 Å². The van der Waals surface area contributed by atoms with Crippen LogP contribution in [0.15, 0.2) is 70.9 Å². The molecule has 0 radical (unpaired) electrons. The molecule has 10 rings (SSSR count). The molecule has 2 N–H and O–H groups in total. The first-order chi connectivity index (χ1) is 26.6. The minimum atomic E-state index is -1.50. The minimum Gasteiger partial charge on any atom is -0.506 e. The number of Topliss-reactive ketones (excluding diaryl/α,β-unsaturated/α-hetero) is 1. The summed E-state index contributed by atoms with van der Waals surface area (Å²) in [7, 11) is 1.35. The first-order valence-electron chi connectivity index (χ1n) is 19.8. The largest absolute Gasteiger partial charge is 0.506 e. The molecule has 1 saturated heterocycles. The van der Waals surface area contributed by atoms with Gasteiger partial charge in [-0.2, -0.15) is 0 Å². The quantitative estimate of drug-likeness (QED) is 0.132. The predicted octanol–water partition coefficient (Wildman–Crippen LogP) is 8.95. The summed E-state index contributed by atoms with van der Waals surface area (Å²) in [5.74, 6) is 0.397. The average molecular weight is 758 g/mol. The van der Waals surface area contributed by atoms with Gasteiger partial charge in [-0.3, -0.25) is 4.79 Å². The lowest BCUT2D eigenvalue weighted by Crippen LogP contribution is -2.75. The molecule has 1 aromatic heterocycles. The number of aromatic nitrogens is 2. The summed E-state index contributed by atoms with van der Waals surface area (Å²) in [6, 6.07) is 7.50. The van der Waals surface area contributed by atoms with Gasteiger partial charge in [0, 0.05) is 35.0 Å². The molecule has 56 heavy (non-hydrogen) atoms. The van der Waals surface area contributed by atoms with Crippen molar-refractivity contribution < 1.29 is 33.6 Å². The van der Waals surface area contributed by atoms with E-state index in [-0.39, 0.29) is 23.9 Å². The molecule has 0 amide bonds. The van der Waals surface area contributed by atoms with E-state index < -0.39 is 40.3 Å². The molecule has 4 fully saturated rings. The third-order valence-electron chi connectivity index (χ3n) is 13.1. The van der Waals surface area contributed by atoms with Crippen LogP contribution in [0.25, 0.3) is 22.8 Å². The van der Waals surface area contributed by atoms with E-state index in [9.17, 15) is 9.90 Å². The number of carbonyl (C=O) groups excluding carboxylic acids is 2. The molecule has 3 aromatic rings. The summed E-state index contributed by atoms with van der Waals surface area (Å²) in [6.45, 7) is 16.2. The number of phenolic OH excluding ortho intramolecular Hbond substituents is 1. The normalized spacial score (nSPS) is 29.7. The summed E-state index contributed by atoms with van der Waals surface area (Å²) in [6.07, 6.45) is 12.8. The Labute approximate surface area is 327 Å². The maximum atomic E-state index is 15.5. The molecule has 4 aliphatic heterocycles. The first-order valence-corrected chi connectivity index (χ1v) is 19.8. The Bertz CT molecular complexity index is 2420. The Hall–Kier alpha value is -5.09. The minimum absolute atomic E-state index is 0.0440. The SMILES string of the molecule is COC(=O)/C(C)=C\CC12OC(C)(C)C3CC(C1=O)C1C4=C(Nc5nc6ccccc6n51)c1c(O)c5c(c(CC=C(C)C)c1OC432)OC(C)(CCC=C(C)C)C=C5. The number of phenols is 1. The zero-order chi connectivity index (χ0) is 39.7. The molecule has 2 aromatic carbocycles. The fourth-order valence-electron chi connectivity index (χ4n) is 10.6. The number of allylic oxidation sites excluding steroid dienone is 4. The van der Waals surface area contributed by atoms with Crippen molar-refractivity contribution in [3.8, 4) is 17.2 Å². The monoisotopic (exact) mass is 757 g/mol. The van der Waals surface area contributed by atoms with Gasteiger partial charge in [-0.15, -0.1) is 0 Å². The number of ketones is 1. The number of methoxy groups -OCH3 is 1. The van der Waals surface area contributed by atoms with Crippen molar-refractivity contribution in [2.24, 2.45) is 11.8 Å². The number of para-hydroxylation sites is 2. The standard InChI is InChI=1S/C46H51N3O7/c1-24(2)13-12-20-44(8)21-19-27-37(50)33-35-34-36(49-31-15-11-10-14-30(31)47-42(49)48-35)29-23-32-43(6,7)56-45(40(29)51,22-18-26(5)41(52)53-9)46(32,34)55-39(33)28(38(27)54-44)17-16-25(3)4/h10-11,13-16,18-19,21,29,32,36,50H,12,17,20,22-23H2,1-9H3,(H,47,48)/b26-18-. The number of aromatic hydroxyl groups is 1. The van der Waals surface area contributed by atoms with Crippen LogP contribution in [0.4, 0.5) is 5.95 Å². The number of imidazole rings is 1. The van der Waals surface area contributed by atoms with E-state index in [0.29, 0.717) is 52.7 Å². The van der Waals surface area contributed by atoms with E-state index >= 15 is 4.79 Å². The van der Waals surface area contributed by atoms with Gasteiger partial charge in [0.15, 0.2) is 17.0 Å². The predicted molar refractivity (Wildman–Crippen MR) is 216 cm³/mol. The fourth-order valence-corrected chi connectivity index (χ4v) is 10.6. The summed E-state index contributed by atoms with van der Waals surface area (Å²) < 4.78 is 29.1. The van der Waals surface area contributed by atoms with Crippen LogP contribution in [0.5, 0.6) is 17.2 Å². The van der Waals surface area contributed by atoms with Gasteiger partial charge in [0.1, 0.15) is 22.8 Å². The number of hydrogen-bond donors (Lipinski definition) is 2. The van der Waals surface area contributed by atoms with E-state index in [1.807, 2.05) is 50.3 Å². The zero-order valence-electron chi connectivity index (χ0n) is 33.8. The van der Waals surface area contributed by atoms with Gasteiger partial charge in [-0.1, -0.05) is 41.5 Å². The molecular formula is C46H51N3O7. The molecule has 3 saturated carbocycles. The topological polar surface area (TPSA) is 121 Å². The van der Waals surface area contributed by atoms with E-state index in [4.69, 9.17) is 23.9 Å². The smallest absolute Gasteiger partial charge is 0.333 e. The highest BCUT2D eigenvalue weighted by molar-refractivity contribution is 6.03. The molecule has 5 heterocycles. The van der Waals surface area contributed by atoms with Gasteiger partial charge in [0.25, 0.3) is 0 Å². The van der Waals surface area contributed by atoms with Crippen LogP contribution in [-0.4, -0.2) is 55.9 Å². The summed E-state index contributed by atoms with van der Waals surface area (Å²) in [4.78, 5) is 33.4. The lowest BCUT2D eigenvalue weighted by molar-refractivity contribution is -0.181.